The van der Waals surface area contributed by atoms with Crippen molar-refractivity contribution >= 4 is 54.0 Å². The molecule has 0 radical (unpaired) electrons. The summed E-state index contributed by atoms with van der Waals surface area (Å²) >= 11 is 12.0. The van der Waals surface area contributed by atoms with E-state index in [9.17, 15) is 19.2 Å². The summed E-state index contributed by atoms with van der Waals surface area (Å²) in [6.07, 6.45) is 0.439. The molecule has 1 rings (SSSR count). The van der Waals surface area contributed by atoms with Gasteiger partial charge in [0.15, 0.2) is 0 Å². The van der Waals surface area contributed by atoms with E-state index >= 15 is 0 Å². The Morgan fingerprint density at radius 2 is 1.69 bits per heavy atom. The maximum Gasteiger partial charge on any atom is 0.475 e. The monoisotopic (exact) mass is 529 g/mol. The third kappa shape index (κ3) is 9.70. The second kappa shape index (κ2) is 14.3. The molecule has 9 nitrogen and oxygen atoms in total. The number of carbonyl (C=O) groups is 4. The number of carbonyl (C=O) groups excluding carboxylic acids is 4. The predicted molar refractivity (Wildman–Crippen MR) is 136 cm³/mol. The second-order valence-electron chi connectivity index (χ2n) is 8.96. The van der Waals surface area contributed by atoms with Gasteiger partial charge in [0, 0.05) is 10.9 Å². The third-order valence-electron chi connectivity index (χ3n) is 5.26. The zero-order valence-electron chi connectivity index (χ0n) is 21.2. The number of halogens is 2. The van der Waals surface area contributed by atoms with Crippen LogP contribution in [0, 0.1) is 11.8 Å². The number of methoxy groups -OCH3 is 1. The van der Waals surface area contributed by atoms with Gasteiger partial charge in [0.1, 0.15) is 0 Å². The first-order chi connectivity index (χ1) is 16.3. The molecular formula is C23H34BCl2N3O6. The molecule has 0 aliphatic carbocycles. The highest BCUT2D eigenvalue weighted by atomic mass is 35.5. The molecule has 0 saturated heterocycles. The highest BCUT2D eigenvalue weighted by molar-refractivity contribution is 6.53. The Kier molecular flexibility index (Phi) is 12.6. The minimum absolute atomic E-state index is 0.113. The zero-order chi connectivity index (χ0) is 26.9. The van der Waals surface area contributed by atoms with E-state index in [-0.39, 0.29) is 23.0 Å². The molecule has 194 valence electrons. The number of amides is 2. The van der Waals surface area contributed by atoms with Crippen LogP contribution < -0.4 is 10.6 Å². The van der Waals surface area contributed by atoms with Gasteiger partial charge in [0.05, 0.1) is 36.2 Å². The Bertz CT molecular complexity index is 915. The van der Waals surface area contributed by atoms with Crippen molar-refractivity contribution in [3.8, 4) is 0 Å². The maximum atomic E-state index is 12.8. The fraction of sp³-hybridized carbons (Fsp3) is 0.565. The molecular weight excluding hydrogens is 496 g/mol. The number of esters is 1. The van der Waals surface area contributed by atoms with Crippen LogP contribution in [0.4, 0.5) is 0 Å². The highest BCUT2D eigenvalue weighted by Gasteiger charge is 2.41. The molecule has 12 heteroatoms. The molecule has 0 fully saturated rings. The van der Waals surface area contributed by atoms with Gasteiger partial charge in [-0.15, -0.1) is 0 Å². The van der Waals surface area contributed by atoms with Crippen molar-refractivity contribution < 1.29 is 28.6 Å². The summed E-state index contributed by atoms with van der Waals surface area (Å²) in [6, 6.07) is 3.70. The summed E-state index contributed by atoms with van der Waals surface area (Å²) in [5.41, 5.74) is 0.140. The molecule has 2 N–H and O–H groups in total. The summed E-state index contributed by atoms with van der Waals surface area (Å²) in [6.45, 7) is 8.55. The van der Waals surface area contributed by atoms with Crippen LogP contribution in [0.3, 0.4) is 0 Å². The van der Waals surface area contributed by atoms with Crippen molar-refractivity contribution in [2.45, 2.75) is 53.0 Å². The van der Waals surface area contributed by atoms with Gasteiger partial charge < -0.3 is 20.0 Å². The largest absolute Gasteiger partial charge is 0.518 e. The third-order valence-corrected chi connectivity index (χ3v) is 5.83. The van der Waals surface area contributed by atoms with Gasteiger partial charge in [-0.3, -0.25) is 24.0 Å². The number of hydrogen-bond acceptors (Lipinski definition) is 7. The van der Waals surface area contributed by atoms with E-state index in [4.69, 9.17) is 32.6 Å². The minimum Gasteiger partial charge on any atom is -0.518 e. The molecule has 0 spiro atoms. The van der Waals surface area contributed by atoms with Gasteiger partial charge in [0.25, 0.3) is 11.9 Å². The summed E-state index contributed by atoms with van der Waals surface area (Å²) in [5.74, 6) is -3.05. The summed E-state index contributed by atoms with van der Waals surface area (Å²) < 4.78 is 10.5. The lowest BCUT2D eigenvalue weighted by Gasteiger charge is -2.34. The van der Waals surface area contributed by atoms with Crippen molar-refractivity contribution in [1.29, 1.82) is 0 Å². The lowest BCUT2D eigenvalue weighted by atomic mass is 9.66. The van der Waals surface area contributed by atoms with E-state index in [0.717, 1.165) is 0 Å². The number of nitrogens with one attached hydrogen (secondary N) is 2. The van der Waals surface area contributed by atoms with Crippen molar-refractivity contribution in [2.75, 3.05) is 20.7 Å². The summed E-state index contributed by atoms with van der Waals surface area (Å²) in [5, 5.41) is 5.88. The zero-order valence-corrected chi connectivity index (χ0v) is 22.7. The standard InChI is InChI=1S/C23H34BCl2N3O6/c1-13(2)10-19(24(35-22(32)14(3)4)29(6)15(5)23(33)34-7)28-20(30)12-27-21(31)17-11-16(25)8-9-18(17)26/h8-9,11,13-15,19H,10,12H2,1-7H3,(H,27,31)(H,28,30)/t15-,19+/m1/s1. The van der Waals surface area contributed by atoms with Crippen molar-refractivity contribution in [3.63, 3.8) is 0 Å². The minimum atomic E-state index is -0.955. The van der Waals surface area contributed by atoms with Crippen LogP contribution in [0.5, 0.6) is 0 Å². The van der Waals surface area contributed by atoms with E-state index in [1.807, 2.05) is 13.8 Å². The van der Waals surface area contributed by atoms with Crippen LogP contribution in [0.2, 0.25) is 10.0 Å². The topological polar surface area (TPSA) is 114 Å². The molecule has 1 aromatic rings. The fourth-order valence-electron chi connectivity index (χ4n) is 3.20. The molecule has 1 aromatic carbocycles. The average molecular weight is 530 g/mol. The Morgan fingerprint density at radius 3 is 2.23 bits per heavy atom. The number of ether oxygens (including phenoxy) is 1. The smallest absolute Gasteiger partial charge is 0.475 e. The Balaban J connectivity index is 3.07. The van der Waals surface area contributed by atoms with Crippen LogP contribution in [0.25, 0.3) is 0 Å². The van der Waals surface area contributed by atoms with Crippen molar-refractivity contribution in [1.82, 2.24) is 15.4 Å². The predicted octanol–water partition coefficient (Wildman–Crippen LogP) is 2.97. The van der Waals surface area contributed by atoms with Crippen LogP contribution >= 0.6 is 23.2 Å². The normalized spacial score (nSPS) is 12.8. The number of rotatable bonds is 12. The molecule has 0 bridgehead atoms. The van der Waals surface area contributed by atoms with Crippen LogP contribution in [-0.2, 0) is 23.8 Å². The van der Waals surface area contributed by atoms with Crippen LogP contribution in [0.1, 0.15) is 51.4 Å². The van der Waals surface area contributed by atoms with Gasteiger partial charge in [0.2, 0.25) is 5.91 Å². The molecule has 0 unspecified atom stereocenters. The maximum absolute atomic E-state index is 12.8. The van der Waals surface area contributed by atoms with Gasteiger partial charge in [-0.05, 0) is 44.5 Å². The lowest BCUT2D eigenvalue weighted by molar-refractivity contribution is -0.146. The molecule has 0 aliphatic rings. The molecule has 0 aliphatic heterocycles. The Morgan fingerprint density at radius 1 is 1.06 bits per heavy atom. The first-order valence-corrected chi connectivity index (χ1v) is 12.1. The van der Waals surface area contributed by atoms with E-state index in [2.05, 4.69) is 10.6 Å². The highest BCUT2D eigenvalue weighted by Crippen LogP contribution is 2.20. The lowest BCUT2D eigenvalue weighted by Crippen LogP contribution is -2.61. The van der Waals surface area contributed by atoms with Crippen molar-refractivity contribution in [3.05, 3.63) is 33.8 Å². The molecule has 35 heavy (non-hydrogen) atoms. The molecule has 0 heterocycles. The molecule has 2 atom stereocenters. The Hall–Kier alpha value is -2.30. The summed E-state index contributed by atoms with van der Waals surface area (Å²) in [4.78, 5) is 51.4. The van der Waals surface area contributed by atoms with Gasteiger partial charge >= 0.3 is 13.0 Å². The number of hydrogen-bond donors (Lipinski definition) is 2. The van der Waals surface area contributed by atoms with E-state index in [1.54, 1.807) is 38.7 Å². The van der Waals surface area contributed by atoms with E-state index in [0.29, 0.717) is 11.4 Å². The van der Waals surface area contributed by atoms with Gasteiger partial charge in [-0.25, -0.2) is 0 Å². The molecule has 2 amide bonds. The van der Waals surface area contributed by atoms with E-state index in [1.165, 1.54) is 19.2 Å². The molecule has 0 aromatic heterocycles. The van der Waals surface area contributed by atoms with E-state index < -0.39 is 48.7 Å². The molecule has 0 saturated carbocycles. The SMILES string of the molecule is COC(=O)[C@@H](C)N(C)B(OC(=O)C(C)C)[C@H](CC(C)C)NC(=O)CNC(=O)c1cc(Cl)ccc1Cl. The van der Waals surface area contributed by atoms with Crippen molar-refractivity contribution in [2.24, 2.45) is 11.8 Å². The second-order valence-corrected chi connectivity index (χ2v) is 9.80. The first-order valence-electron chi connectivity index (χ1n) is 11.3. The quantitative estimate of drug-likeness (QED) is 0.316. The first kappa shape index (κ1) is 30.7. The number of benzene rings is 1. The number of likely N-dealkylation sites (N-methyl/N-ethyl adjacent to an activating group) is 1. The fourth-order valence-corrected chi connectivity index (χ4v) is 3.58. The Labute approximate surface area is 217 Å². The summed E-state index contributed by atoms with van der Waals surface area (Å²) in [7, 11) is 1.93. The van der Waals surface area contributed by atoms with Gasteiger partial charge in [-0.2, -0.15) is 0 Å². The van der Waals surface area contributed by atoms with Crippen LogP contribution in [0.15, 0.2) is 18.2 Å². The average Bonchev–Trinajstić information content (AvgIpc) is 2.79. The number of nitrogens with zero attached hydrogens (tertiary/aromatic N) is 1. The van der Waals surface area contributed by atoms with Crippen LogP contribution in [-0.4, -0.2) is 68.3 Å². The van der Waals surface area contributed by atoms with Gasteiger partial charge in [-0.1, -0.05) is 50.9 Å².